The van der Waals surface area contributed by atoms with Gasteiger partial charge in [-0.25, -0.2) is 0 Å². The molecule has 0 aliphatic carbocycles. The van der Waals surface area contributed by atoms with Gasteiger partial charge in [-0.2, -0.15) is 0 Å². The number of methoxy groups -OCH3 is 1. The normalized spacial score (nSPS) is 12.3. The predicted molar refractivity (Wildman–Crippen MR) is 109 cm³/mol. The number of Topliss-reactive ketones (excluding diaryl/α,β-unsaturated/α-hetero) is 1. The second-order valence-electron chi connectivity index (χ2n) is 6.66. The van der Waals surface area contributed by atoms with Gasteiger partial charge in [0.2, 0.25) is 0 Å². The van der Waals surface area contributed by atoms with Crippen molar-refractivity contribution in [3.8, 4) is 11.8 Å². The maximum Gasteiger partial charge on any atom is 0.254 e. The summed E-state index contributed by atoms with van der Waals surface area (Å²) in [5, 5.41) is 11.6. The van der Waals surface area contributed by atoms with Crippen molar-refractivity contribution in [2.24, 2.45) is 0 Å². The van der Waals surface area contributed by atoms with Gasteiger partial charge in [-0.1, -0.05) is 11.8 Å². The zero-order valence-electron chi connectivity index (χ0n) is 17.3. The maximum atomic E-state index is 12.8. The van der Waals surface area contributed by atoms with Crippen LogP contribution in [0.5, 0.6) is 0 Å². The molecule has 158 valence electrons. The first-order valence-electron chi connectivity index (χ1n) is 9.10. The van der Waals surface area contributed by atoms with Crippen molar-refractivity contribution < 1.29 is 28.6 Å². The summed E-state index contributed by atoms with van der Waals surface area (Å²) in [5.41, 5.74) is -0.190. The number of aliphatic hydroxyl groups is 1. The van der Waals surface area contributed by atoms with Crippen LogP contribution in [0.25, 0.3) is 0 Å². The number of amides is 2. The summed E-state index contributed by atoms with van der Waals surface area (Å²) >= 11 is 0. The van der Waals surface area contributed by atoms with Crippen LogP contribution in [0.2, 0.25) is 0 Å². The van der Waals surface area contributed by atoms with Crippen LogP contribution in [0.1, 0.15) is 34.2 Å². The van der Waals surface area contributed by atoms with Gasteiger partial charge in [0, 0.05) is 32.3 Å². The topological polar surface area (TPSA) is 109 Å². The van der Waals surface area contributed by atoms with Gasteiger partial charge in [0.05, 0.1) is 5.56 Å². The highest BCUT2D eigenvalue weighted by atomic mass is 16.5. The lowest BCUT2D eigenvalue weighted by molar-refractivity contribution is -0.143. The third-order valence-corrected chi connectivity index (χ3v) is 4.75. The molecule has 0 fully saturated rings. The minimum absolute atomic E-state index is 0.273. The van der Waals surface area contributed by atoms with E-state index in [4.69, 9.17) is 9.15 Å². The van der Waals surface area contributed by atoms with Crippen molar-refractivity contribution in [3.63, 3.8) is 0 Å². The summed E-state index contributed by atoms with van der Waals surface area (Å²) in [7, 11) is 4.27. The van der Waals surface area contributed by atoms with E-state index in [1.54, 1.807) is 37.4 Å². The van der Waals surface area contributed by atoms with E-state index in [0.29, 0.717) is 23.5 Å². The smallest absolute Gasteiger partial charge is 0.254 e. The molecule has 1 heterocycles. The summed E-state index contributed by atoms with van der Waals surface area (Å²) in [6, 6.07) is 8.22. The fourth-order valence-electron chi connectivity index (χ4n) is 2.76. The van der Waals surface area contributed by atoms with Gasteiger partial charge < -0.3 is 24.5 Å². The molecule has 0 saturated heterocycles. The number of carbonyl (C=O) groups excluding carboxylic acids is 3. The zero-order valence-corrected chi connectivity index (χ0v) is 17.3. The lowest BCUT2D eigenvalue weighted by Gasteiger charge is -2.35. The molecular weight excluding hydrogens is 388 g/mol. The van der Waals surface area contributed by atoms with E-state index in [9.17, 15) is 19.5 Å². The molecule has 2 N–H and O–H groups in total. The highest BCUT2D eigenvalue weighted by molar-refractivity contribution is 6.14. The molecule has 0 aliphatic rings. The molecule has 0 unspecified atom stereocenters. The summed E-state index contributed by atoms with van der Waals surface area (Å²) < 4.78 is 10.3. The fourth-order valence-corrected chi connectivity index (χ4v) is 2.76. The zero-order chi connectivity index (χ0) is 22.3. The molecule has 1 aromatic carbocycles. The highest BCUT2D eigenvalue weighted by Gasteiger charge is 2.46. The van der Waals surface area contributed by atoms with E-state index in [1.807, 2.05) is 0 Å². The fraction of sp³-hybridized carbons (Fsp3) is 0.318. The number of likely N-dealkylation sites (N-methyl/N-ethyl adjacent to an activating group) is 2. The van der Waals surface area contributed by atoms with Crippen LogP contribution in [-0.2, 0) is 20.9 Å². The molecule has 0 bridgehead atoms. The van der Waals surface area contributed by atoms with Crippen LogP contribution in [0, 0.1) is 11.8 Å². The average Bonchev–Trinajstić information content (AvgIpc) is 3.22. The third kappa shape index (κ3) is 4.76. The molecule has 0 radical (unpaired) electrons. The molecule has 8 heteroatoms. The average molecular weight is 412 g/mol. The first kappa shape index (κ1) is 22.9. The van der Waals surface area contributed by atoms with Gasteiger partial charge in [-0.05, 0) is 37.3 Å². The number of ketones is 1. The Bertz CT molecular complexity index is 965. The number of hydrogen-bond donors (Lipinski definition) is 2. The number of aliphatic hydroxyl groups excluding tert-OH is 1. The molecule has 0 saturated carbocycles. The Hall–Kier alpha value is -3.41. The van der Waals surface area contributed by atoms with Crippen molar-refractivity contribution in [1.29, 1.82) is 0 Å². The standard InChI is InChI=1S/C22H24N2O6/c1-22(19(26)12-25,21(28)23-2)24(3)20(27)17-9-7-15(8-10-17)5-6-16-11-18(14-29-4)30-13-16/h7-11,13,25H,12,14H2,1-4H3,(H,23,28)/t22-/m1/s1. The number of carbonyl (C=O) groups is 3. The Balaban J connectivity index is 2.20. The van der Waals surface area contributed by atoms with Crippen molar-refractivity contribution in [3.05, 3.63) is 59.0 Å². The Morgan fingerprint density at radius 3 is 2.40 bits per heavy atom. The number of benzene rings is 1. The molecule has 8 nitrogen and oxygen atoms in total. The second kappa shape index (κ2) is 9.87. The lowest BCUT2D eigenvalue weighted by Crippen LogP contribution is -2.62. The molecule has 1 aromatic heterocycles. The summed E-state index contributed by atoms with van der Waals surface area (Å²) in [4.78, 5) is 38.3. The Morgan fingerprint density at radius 1 is 1.20 bits per heavy atom. The molecule has 30 heavy (non-hydrogen) atoms. The summed E-state index contributed by atoms with van der Waals surface area (Å²) in [5.74, 6) is 4.59. The van der Waals surface area contributed by atoms with E-state index in [2.05, 4.69) is 17.2 Å². The number of ether oxygens (including phenoxy) is 1. The van der Waals surface area contributed by atoms with Crippen molar-refractivity contribution in [2.75, 3.05) is 27.8 Å². The first-order chi connectivity index (χ1) is 14.3. The largest absolute Gasteiger partial charge is 0.466 e. The number of nitrogens with zero attached hydrogens (tertiary/aromatic N) is 1. The molecule has 2 rings (SSSR count). The molecule has 0 spiro atoms. The van der Waals surface area contributed by atoms with E-state index in [1.165, 1.54) is 27.3 Å². The number of nitrogens with one attached hydrogen (secondary N) is 1. The quantitative estimate of drug-likeness (QED) is 0.518. The van der Waals surface area contributed by atoms with E-state index >= 15 is 0 Å². The number of hydrogen-bond acceptors (Lipinski definition) is 6. The van der Waals surface area contributed by atoms with Crippen LogP contribution in [0.15, 0.2) is 41.0 Å². The number of furan rings is 1. The van der Waals surface area contributed by atoms with Gasteiger partial charge in [-0.3, -0.25) is 14.4 Å². The molecule has 1 atom stereocenters. The van der Waals surface area contributed by atoms with Crippen LogP contribution in [0.4, 0.5) is 0 Å². The number of rotatable bonds is 7. The van der Waals surface area contributed by atoms with Gasteiger partial charge in [0.15, 0.2) is 11.3 Å². The van der Waals surface area contributed by atoms with E-state index in [-0.39, 0.29) is 5.56 Å². The SMILES string of the molecule is CNC(=O)[C@@](C)(C(=O)CO)N(C)C(=O)c1ccc(C#Cc2coc(COC)c2)cc1. The minimum atomic E-state index is -1.83. The monoisotopic (exact) mass is 412 g/mol. The molecular formula is C22H24N2O6. The van der Waals surface area contributed by atoms with Gasteiger partial charge in [0.25, 0.3) is 11.8 Å². The lowest BCUT2D eigenvalue weighted by atomic mass is 9.92. The first-order valence-corrected chi connectivity index (χ1v) is 9.10. The van der Waals surface area contributed by atoms with Crippen molar-refractivity contribution in [2.45, 2.75) is 19.1 Å². The maximum absolute atomic E-state index is 12.8. The summed E-state index contributed by atoms with van der Waals surface area (Å²) in [6.45, 7) is 0.792. The Morgan fingerprint density at radius 2 is 1.83 bits per heavy atom. The summed E-state index contributed by atoms with van der Waals surface area (Å²) in [6.07, 6.45) is 1.53. The van der Waals surface area contributed by atoms with Gasteiger partial charge in [-0.15, -0.1) is 0 Å². The second-order valence-corrected chi connectivity index (χ2v) is 6.66. The van der Waals surface area contributed by atoms with Crippen LogP contribution in [-0.4, -0.2) is 61.0 Å². The highest BCUT2D eigenvalue weighted by Crippen LogP contribution is 2.19. The van der Waals surface area contributed by atoms with Gasteiger partial charge in [0.1, 0.15) is 25.2 Å². The third-order valence-electron chi connectivity index (χ3n) is 4.75. The predicted octanol–water partition coefficient (Wildman–Crippen LogP) is 0.964. The molecule has 2 aromatic rings. The van der Waals surface area contributed by atoms with Crippen LogP contribution in [0.3, 0.4) is 0 Å². The Labute approximate surface area is 174 Å². The molecule has 0 aliphatic heterocycles. The van der Waals surface area contributed by atoms with Gasteiger partial charge >= 0.3 is 0 Å². The van der Waals surface area contributed by atoms with Crippen molar-refractivity contribution in [1.82, 2.24) is 10.2 Å². The van der Waals surface area contributed by atoms with Crippen LogP contribution >= 0.6 is 0 Å². The van der Waals surface area contributed by atoms with E-state index < -0.39 is 29.7 Å². The minimum Gasteiger partial charge on any atom is -0.466 e. The van der Waals surface area contributed by atoms with Crippen molar-refractivity contribution >= 4 is 17.6 Å². The van der Waals surface area contributed by atoms with E-state index in [0.717, 1.165) is 4.90 Å². The molecule has 2 amide bonds. The van der Waals surface area contributed by atoms with Crippen LogP contribution < -0.4 is 5.32 Å². The Kier molecular flexibility index (Phi) is 7.53.